The number of hydrogen-bond donors (Lipinski definition) is 2. The second kappa shape index (κ2) is 8.44. The Labute approximate surface area is 136 Å². The molecule has 0 aliphatic rings. The number of halogens is 1. The van der Waals surface area contributed by atoms with Crippen LogP contribution >= 0.6 is 11.6 Å². The van der Waals surface area contributed by atoms with Gasteiger partial charge in [-0.05, 0) is 30.7 Å². The summed E-state index contributed by atoms with van der Waals surface area (Å²) < 4.78 is 5.31. The van der Waals surface area contributed by atoms with Crippen molar-refractivity contribution in [3.63, 3.8) is 0 Å². The largest absolute Gasteiger partial charge is 0.495 e. The maximum atomic E-state index is 6.03. The first-order chi connectivity index (χ1) is 10.7. The molecule has 0 aliphatic carbocycles. The van der Waals surface area contributed by atoms with Crippen LogP contribution in [0.3, 0.4) is 0 Å². The van der Waals surface area contributed by atoms with E-state index in [0.29, 0.717) is 22.5 Å². The Kier molecular flexibility index (Phi) is 6.27. The molecule has 1 heterocycles. The summed E-state index contributed by atoms with van der Waals surface area (Å²) in [6.45, 7) is 3.05. The van der Waals surface area contributed by atoms with Crippen LogP contribution in [0.25, 0.3) is 0 Å². The van der Waals surface area contributed by atoms with Gasteiger partial charge in [0.05, 0.1) is 12.8 Å². The molecule has 0 radical (unpaired) electrons. The van der Waals surface area contributed by atoms with Crippen molar-refractivity contribution in [3.05, 3.63) is 35.5 Å². The van der Waals surface area contributed by atoms with Gasteiger partial charge in [0, 0.05) is 17.8 Å². The van der Waals surface area contributed by atoms with Crippen molar-refractivity contribution in [2.45, 2.75) is 26.2 Å². The molecule has 0 spiro atoms. The smallest absolute Gasteiger partial charge is 0.224 e. The standard InChI is InChI=1S/C16H21ClN4O/c1-3-4-5-9-18-16-19-10-8-15(21-16)20-13-11-12(17)6-7-14(13)22-2/h6-8,10-11H,3-5,9H2,1-2H3,(H2,18,19,20,21). The van der Waals surface area contributed by atoms with Gasteiger partial charge in [0.1, 0.15) is 11.6 Å². The fourth-order valence-corrected chi connectivity index (χ4v) is 2.18. The molecule has 2 rings (SSSR count). The first kappa shape index (κ1) is 16.4. The second-order valence-corrected chi connectivity index (χ2v) is 5.31. The van der Waals surface area contributed by atoms with Crippen LogP contribution in [0.15, 0.2) is 30.5 Å². The van der Waals surface area contributed by atoms with Crippen molar-refractivity contribution in [3.8, 4) is 5.75 Å². The van der Waals surface area contributed by atoms with Gasteiger partial charge in [-0.2, -0.15) is 4.98 Å². The van der Waals surface area contributed by atoms with Crippen LogP contribution in [0.2, 0.25) is 5.02 Å². The van der Waals surface area contributed by atoms with Crippen molar-refractivity contribution in [2.24, 2.45) is 0 Å². The number of nitrogens with one attached hydrogen (secondary N) is 2. The van der Waals surface area contributed by atoms with Gasteiger partial charge in [-0.15, -0.1) is 0 Å². The Morgan fingerprint density at radius 3 is 2.86 bits per heavy atom. The van der Waals surface area contributed by atoms with Gasteiger partial charge in [0.2, 0.25) is 5.95 Å². The van der Waals surface area contributed by atoms with Crippen LogP contribution in [0.4, 0.5) is 17.5 Å². The molecule has 0 amide bonds. The van der Waals surface area contributed by atoms with Crippen molar-refractivity contribution >= 4 is 29.1 Å². The molecule has 0 aliphatic heterocycles. The molecular formula is C16H21ClN4O. The molecule has 0 atom stereocenters. The van der Waals surface area contributed by atoms with Crippen molar-refractivity contribution in [1.82, 2.24) is 9.97 Å². The molecule has 2 aromatic rings. The molecule has 0 fully saturated rings. The van der Waals surface area contributed by atoms with E-state index in [4.69, 9.17) is 16.3 Å². The zero-order valence-corrected chi connectivity index (χ0v) is 13.7. The third-order valence-electron chi connectivity index (χ3n) is 3.14. The fourth-order valence-electron chi connectivity index (χ4n) is 2.00. The number of ether oxygens (including phenoxy) is 1. The van der Waals surface area contributed by atoms with Crippen molar-refractivity contribution in [1.29, 1.82) is 0 Å². The Morgan fingerprint density at radius 1 is 1.23 bits per heavy atom. The monoisotopic (exact) mass is 320 g/mol. The van der Waals surface area contributed by atoms with Gasteiger partial charge in [0.25, 0.3) is 0 Å². The number of nitrogens with zero attached hydrogens (tertiary/aromatic N) is 2. The van der Waals surface area contributed by atoms with Crippen molar-refractivity contribution < 1.29 is 4.74 Å². The molecule has 6 heteroatoms. The number of benzene rings is 1. The van der Waals surface area contributed by atoms with Gasteiger partial charge in [-0.1, -0.05) is 31.4 Å². The van der Waals surface area contributed by atoms with Gasteiger partial charge >= 0.3 is 0 Å². The number of anilines is 3. The highest BCUT2D eigenvalue weighted by molar-refractivity contribution is 6.31. The van der Waals surface area contributed by atoms with Crippen LogP contribution in [-0.2, 0) is 0 Å². The first-order valence-electron chi connectivity index (χ1n) is 7.40. The highest BCUT2D eigenvalue weighted by atomic mass is 35.5. The first-order valence-corrected chi connectivity index (χ1v) is 7.78. The Hall–Kier alpha value is -2.01. The maximum Gasteiger partial charge on any atom is 0.224 e. The molecule has 5 nitrogen and oxygen atoms in total. The van der Waals surface area contributed by atoms with Crippen molar-refractivity contribution in [2.75, 3.05) is 24.3 Å². The van der Waals surface area contributed by atoms with E-state index in [1.807, 2.05) is 6.07 Å². The summed E-state index contributed by atoms with van der Waals surface area (Å²) in [7, 11) is 1.62. The van der Waals surface area contributed by atoms with Crippen LogP contribution in [-0.4, -0.2) is 23.6 Å². The topological polar surface area (TPSA) is 59.1 Å². The lowest BCUT2D eigenvalue weighted by molar-refractivity contribution is 0.417. The average Bonchev–Trinajstić information content (AvgIpc) is 2.52. The van der Waals surface area contributed by atoms with E-state index in [-0.39, 0.29) is 0 Å². The lowest BCUT2D eigenvalue weighted by Crippen LogP contribution is -2.06. The second-order valence-electron chi connectivity index (χ2n) is 4.87. The minimum atomic E-state index is 0.613. The van der Waals surface area contributed by atoms with E-state index in [1.54, 1.807) is 31.5 Å². The predicted octanol–water partition coefficient (Wildman–Crippen LogP) is 4.48. The number of aromatic nitrogens is 2. The Balaban J connectivity index is 2.05. The molecule has 118 valence electrons. The van der Waals surface area contributed by atoms with Crippen LogP contribution in [0.5, 0.6) is 5.75 Å². The number of hydrogen-bond acceptors (Lipinski definition) is 5. The lowest BCUT2D eigenvalue weighted by atomic mass is 10.2. The third kappa shape index (κ3) is 4.77. The summed E-state index contributed by atoms with van der Waals surface area (Å²) in [5.41, 5.74) is 0.769. The number of rotatable bonds is 8. The summed E-state index contributed by atoms with van der Waals surface area (Å²) >= 11 is 6.03. The Morgan fingerprint density at radius 2 is 2.09 bits per heavy atom. The van der Waals surface area contributed by atoms with E-state index < -0.39 is 0 Å². The van der Waals surface area contributed by atoms with Gasteiger partial charge in [0.15, 0.2) is 0 Å². The summed E-state index contributed by atoms with van der Waals surface area (Å²) in [6.07, 6.45) is 5.22. The van der Waals surface area contributed by atoms with Gasteiger partial charge in [-0.3, -0.25) is 0 Å². The molecule has 22 heavy (non-hydrogen) atoms. The molecule has 0 saturated carbocycles. The normalized spacial score (nSPS) is 10.3. The minimum Gasteiger partial charge on any atom is -0.495 e. The van der Waals surface area contributed by atoms with E-state index in [2.05, 4.69) is 27.5 Å². The molecule has 0 saturated heterocycles. The zero-order valence-electron chi connectivity index (χ0n) is 12.9. The van der Waals surface area contributed by atoms with E-state index >= 15 is 0 Å². The van der Waals surface area contributed by atoms with E-state index in [1.165, 1.54) is 12.8 Å². The molecule has 1 aromatic heterocycles. The summed E-state index contributed by atoms with van der Waals surface area (Å²) in [5, 5.41) is 7.07. The summed E-state index contributed by atoms with van der Waals surface area (Å²) in [5.74, 6) is 2.01. The van der Waals surface area contributed by atoms with Gasteiger partial charge < -0.3 is 15.4 Å². The Bertz CT molecular complexity index is 606. The zero-order chi connectivity index (χ0) is 15.8. The molecular weight excluding hydrogens is 300 g/mol. The van der Waals surface area contributed by atoms with Crippen LogP contribution in [0, 0.1) is 0 Å². The third-order valence-corrected chi connectivity index (χ3v) is 3.38. The van der Waals surface area contributed by atoms with E-state index in [9.17, 15) is 0 Å². The maximum absolute atomic E-state index is 6.03. The SMILES string of the molecule is CCCCCNc1nccc(Nc2cc(Cl)ccc2OC)n1. The molecule has 2 N–H and O–H groups in total. The molecule has 1 aromatic carbocycles. The number of methoxy groups -OCH3 is 1. The van der Waals surface area contributed by atoms with Crippen LogP contribution < -0.4 is 15.4 Å². The summed E-state index contributed by atoms with van der Waals surface area (Å²) in [4.78, 5) is 8.66. The molecule has 0 unspecified atom stereocenters. The quantitative estimate of drug-likeness (QED) is 0.702. The van der Waals surface area contributed by atoms with Crippen LogP contribution in [0.1, 0.15) is 26.2 Å². The van der Waals surface area contributed by atoms with E-state index in [0.717, 1.165) is 18.7 Å². The highest BCUT2D eigenvalue weighted by Crippen LogP contribution is 2.29. The fraction of sp³-hybridized carbons (Fsp3) is 0.375. The lowest BCUT2D eigenvalue weighted by Gasteiger charge is -2.12. The summed E-state index contributed by atoms with van der Waals surface area (Å²) in [6, 6.07) is 7.20. The molecule has 0 bridgehead atoms. The predicted molar refractivity (Wildman–Crippen MR) is 91.3 cm³/mol. The van der Waals surface area contributed by atoms with Gasteiger partial charge in [-0.25, -0.2) is 4.98 Å². The highest BCUT2D eigenvalue weighted by Gasteiger charge is 2.06. The average molecular weight is 321 g/mol. The number of unbranched alkanes of at least 4 members (excludes halogenated alkanes) is 2. The minimum absolute atomic E-state index is 0.613.